The van der Waals surface area contributed by atoms with Gasteiger partial charge in [0.1, 0.15) is 0 Å². The van der Waals surface area contributed by atoms with Crippen LogP contribution in [0.15, 0.2) is 36.6 Å². The molecule has 1 aromatic carbocycles. The van der Waals surface area contributed by atoms with E-state index < -0.39 is 0 Å². The molecule has 0 aliphatic heterocycles. The molecule has 0 amide bonds. The van der Waals surface area contributed by atoms with E-state index in [1.54, 1.807) is 37.3 Å². The Kier molecular flexibility index (Phi) is 3.09. The fraction of sp³-hybridized carbons (Fsp3) is 0.100. The summed E-state index contributed by atoms with van der Waals surface area (Å²) in [4.78, 5) is 11.2. The van der Waals surface area contributed by atoms with Crippen LogP contribution in [0.3, 0.4) is 0 Å². The molecule has 2 N–H and O–H groups in total. The molecule has 68 valence electrons. The highest BCUT2D eigenvalue weighted by atomic mass is 16.5. The minimum Gasteiger partial charge on any atom is -0.431 e. The predicted molar refractivity (Wildman–Crippen MR) is 51.1 cm³/mol. The predicted octanol–water partition coefficient (Wildman–Crippen LogP) is 1.96. The van der Waals surface area contributed by atoms with Gasteiger partial charge in [-0.2, -0.15) is 0 Å². The highest BCUT2D eigenvalue weighted by Gasteiger charge is 2.03. The summed E-state index contributed by atoms with van der Waals surface area (Å²) in [6.07, 6.45) is 2.99. The van der Waals surface area contributed by atoms with Crippen LogP contribution in [0.1, 0.15) is 17.3 Å². The third-order valence-electron chi connectivity index (χ3n) is 1.46. The maximum Gasteiger partial charge on any atom is 0.342 e. The van der Waals surface area contributed by atoms with E-state index in [1.165, 1.54) is 6.26 Å². The third-order valence-corrected chi connectivity index (χ3v) is 1.46. The largest absolute Gasteiger partial charge is 0.431 e. The van der Waals surface area contributed by atoms with E-state index >= 15 is 0 Å². The van der Waals surface area contributed by atoms with E-state index in [2.05, 4.69) is 0 Å². The first kappa shape index (κ1) is 9.32. The Labute approximate surface area is 76.8 Å². The summed E-state index contributed by atoms with van der Waals surface area (Å²) in [5.41, 5.74) is 6.58. The molecule has 3 heteroatoms. The number of hydrogen-bond donors (Lipinski definition) is 1. The molecule has 0 aliphatic carbocycles. The van der Waals surface area contributed by atoms with Crippen LogP contribution in [0.25, 0.3) is 0 Å². The molecule has 0 aliphatic rings. The first-order valence-electron chi connectivity index (χ1n) is 3.91. The van der Waals surface area contributed by atoms with Gasteiger partial charge in [-0.05, 0) is 31.2 Å². The topological polar surface area (TPSA) is 52.3 Å². The highest BCUT2D eigenvalue weighted by Crippen LogP contribution is 2.06. The van der Waals surface area contributed by atoms with Gasteiger partial charge in [0.15, 0.2) is 0 Å². The number of esters is 1. The molecule has 0 aromatic heterocycles. The minimum absolute atomic E-state index is 0.377. The van der Waals surface area contributed by atoms with Gasteiger partial charge in [-0.3, -0.25) is 0 Å². The minimum atomic E-state index is -0.377. The standard InChI is InChI=1S/C10H11NO2/c1-2-7-13-10(12)8-3-5-9(11)6-4-8/h2-7H,11H2,1H3. The zero-order valence-electron chi connectivity index (χ0n) is 7.36. The lowest BCUT2D eigenvalue weighted by Crippen LogP contribution is -2.00. The molecule has 13 heavy (non-hydrogen) atoms. The Morgan fingerprint density at radius 1 is 1.38 bits per heavy atom. The zero-order chi connectivity index (χ0) is 9.68. The van der Waals surface area contributed by atoms with Crippen LogP contribution in [0.4, 0.5) is 5.69 Å². The van der Waals surface area contributed by atoms with Crippen LogP contribution >= 0.6 is 0 Å². The highest BCUT2D eigenvalue weighted by molar-refractivity contribution is 5.90. The molecule has 1 rings (SSSR count). The second kappa shape index (κ2) is 4.30. The summed E-state index contributed by atoms with van der Waals surface area (Å²) in [5, 5.41) is 0. The van der Waals surface area contributed by atoms with Crippen molar-refractivity contribution in [1.29, 1.82) is 0 Å². The lowest BCUT2D eigenvalue weighted by molar-refractivity contribution is 0.0662. The molecule has 3 nitrogen and oxygen atoms in total. The van der Waals surface area contributed by atoms with Gasteiger partial charge in [-0.25, -0.2) is 4.79 Å². The van der Waals surface area contributed by atoms with Crippen molar-refractivity contribution in [3.63, 3.8) is 0 Å². The Balaban J connectivity index is 2.72. The van der Waals surface area contributed by atoms with Crippen molar-refractivity contribution in [2.45, 2.75) is 6.92 Å². The average molecular weight is 177 g/mol. The van der Waals surface area contributed by atoms with Crippen LogP contribution in [0.5, 0.6) is 0 Å². The molecule has 1 aromatic rings. The van der Waals surface area contributed by atoms with Gasteiger partial charge in [0.25, 0.3) is 0 Å². The summed E-state index contributed by atoms with van der Waals surface area (Å²) in [6.45, 7) is 1.77. The smallest absolute Gasteiger partial charge is 0.342 e. The average Bonchev–Trinajstić information content (AvgIpc) is 2.15. The molecule has 0 spiro atoms. The molecule has 0 saturated carbocycles. The molecule has 0 saturated heterocycles. The monoisotopic (exact) mass is 177 g/mol. The quantitative estimate of drug-likeness (QED) is 0.427. The van der Waals surface area contributed by atoms with Crippen molar-refractivity contribution in [2.24, 2.45) is 0 Å². The number of allylic oxidation sites excluding steroid dienone is 1. The zero-order valence-corrected chi connectivity index (χ0v) is 7.36. The van der Waals surface area contributed by atoms with E-state index in [-0.39, 0.29) is 5.97 Å². The van der Waals surface area contributed by atoms with Crippen LogP contribution in [0.2, 0.25) is 0 Å². The number of rotatable bonds is 2. The van der Waals surface area contributed by atoms with Crippen LogP contribution in [-0.2, 0) is 4.74 Å². The molecule has 0 atom stereocenters. The van der Waals surface area contributed by atoms with Crippen molar-refractivity contribution in [3.05, 3.63) is 42.2 Å². The van der Waals surface area contributed by atoms with Gasteiger partial charge in [-0.15, -0.1) is 0 Å². The van der Waals surface area contributed by atoms with Crippen LogP contribution < -0.4 is 5.73 Å². The van der Waals surface area contributed by atoms with Gasteiger partial charge < -0.3 is 10.5 Å². The van der Waals surface area contributed by atoms with E-state index in [0.717, 1.165) is 0 Å². The second-order valence-electron chi connectivity index (χ2n) is 2.50. The molecular weight excluding hydrogens is 166 g/mol. The molecular formula is C10H11NO2. The number of nitrogens with two attached hydrogens (primary N) is 1. The Hall–Kier alpha value is -1.77. The number of nitrogen functional groups attached to an aromatic ring is 1. The summed E-state index contributed by atoms with van der Waals surface area (Å²) < 4.78 is 4.76. The van der Waals surface area contributed by atoms with Crippen molar-refractivity contribution >= 4 is 11.7 Å². The molecule has 0 unspecified atom stereocenters. The van der Waals surface area contributed by atoms with E-state index in [1.807, 2.05) is 0 Å². The fourth-order valence-corrected chi connectivity index (χ4v) is 0.817. The van der Waals surface area contributed by atoms with E-state index in [0.29, 0.717) is 11.3 Å². The Morgan fingerprint density at radius 2 is 2.00 bits per heavy atom. The normalized spacial score (nSPS) is 10.2. The molecule has 0 bridgehead atoms. The number of carbonyl (C=O) groups excluding carboxylic acids is 1. The summed E-state index contributed by atoms with van der Waals surface area (Å²) in [5.74, 6) is -0.377. The van der Waals surface area contributed by atoms with Gasteiger partial charge in [-0.1, -0.05) is 6.08 Å². The first-order valence-corrected chi connectivity index (χ1v) is 3.91. The van der Waals surface area contributed by atoms with E-state index in [4.69, 9.17) is 10.5 Å². The maximum atomic E-state index is 11.2. The molecule has 0 heterocycles. The summed E-state index contributed by atoms with van der Waals surface area (Å²) in [6, 6.07) is 6.57. The SMILES string of the molecule is CC=COC(=O)c1ccc(N)cc1. The lowest BCUT2D eigenvalue weighted by atomic mass is 10.2. The number of benzene rings is 1. The molecule has 0 fully saturated rings. The van der Waals surface area contributed by atoms with Crippen molar-refractivity contribution in [3.8, 4) is 0 Å². The van der Waals surface area contributed by atoms with Crippen LogP contribution in [-0.4, -0.2) is 5.97 Å². The van der Waals surface area contributed by atoms with Crippen molar-refractivity contribution < 1.29 is 9.53 Å². The number of anilines is 1. The van der Waals surface area contributed by atoms with Gasteiger partial charge in [0.05, 0.1) is 11.8 Å². The fourth-order valence-electron chi connectivity index (χ4n) is 0.817. The summed E-state index contributed by atoms with van der Waals surface area (Å²) in [7, 11) is 0. The number of carbonyl (C=O) groups is 1. The third kappa shape index (κ3) is 2.63. The second-order valence-corrected chi connectivity index (χ2v) is 2.50. The molecule has 0 radical (unpaired) electrons. The summed E-state index contributed by atoms with van der Waals surface area (Å²) >= 11 is 0. The van der Waals surface area contributed by atoms with Gasteiger partial charge in [0, 0.05) is 5.69 Å². The van der Waals surface area contributed by atoms with Crippen molar-refractivity contribution in [1.82, 2.24) is 0 Å². The van der Waals surface area contributed by atoms with E-state index in [9.17, 15) is 4.79 Å². The van der Waals surface area contributed by atoms with Crippen LogP contribution in [0, 0.1) is 0 Å². The number of hydrogen-bond acceptors (Lipinski definition) is 3. The van der Waals surface area contributed by atoms with Gasteiger partial charge in [0.2, 0.25) is 0 Å². The first-order chi connectivity index (χ1) is 6.24. The van der Waals surface area contributed by atoms with Gasteiger partial charge >= 0.3 is 5.97 Å². The van der Waals surface area contributed by atoms with Crippen molar-refractivity contribution in [2.75, 3.05) is 5.73 Å². The lowest BCUT2D eigenvalue weighted by Gasteiger charge is -1.98. The maximum absolute atomic E-state index is 11.2. The number of ether oxygens (including phenoxy) is 1. The Bertz CT molecular complexity index is 314. The Morgan fingerprint density at radius 3 is 2.54 bits per heavy atom.